The van der Waals surface area contributed by atoms with Gasteiger partial charge in [-0.2, -0.15) is 0 Å². The molecule has 0 spiro atoms. The van der Waals surface area contributed by atoms with E-state index >= 15 is 0 Å². The van der Waals surface area contributed by atoms with E-state index in [4.69, 9.17) is 16.3 Å². The van der Waals surface area contributed by atoms with Crippen LogP contribution < -0.4 is 0 Å². The van der Waals surface area contributed by atoms with E-state index in [1.165, 1.54) is 47.0 Å². The first kappa shape index (κ1) is 20.5. The minimum atomic E-state index is -0.750. The minimum absolute atomic E-state index is 0.104. The molecule has 0 aliphatic carbocycles. The Kier molecular flexibility index (Phi) is 6.26. The standard InChI is InChI=1S/C20H18ClN3O5/c1-29-10-2-9-24-19(27)15-8-5-13(11-16(15)20(24)28)18(26)23-22-17(25)12-3-6-14(21)7-4-12/h3-8,11,27-28H,2,9-10H2,1H3. The molecule has 1 heterocycles. The average molecular weight is 416 g/mol. The summed E-state index contributed by atoms with van der Waals surface area (Å²) in [5.74, 6) is -1.70. The number of hydrogen-bond acceptors (Lipinski definition) is 5. The molecule has 0 unspecified atom stereocenters. The number of carbonyl (C=O) groups is 2. The summed E-state index contributed by atoms with van der Waals surface area (Å²) in [5, 5.41) is 28.8. The Hall–Kier alpha value is -3.23. The van der Waals surface area contributed by atoms with Crippen LogP contribution in [0, 0.1) is 0 Å². The number of aromatic nitrogens is 1. The fraction of sp³-hybridized carbons (Fsp3) is 0.200. The maximum atomic E-state index is 12.3. The lowest BCUT2D eigenvalue weighted by Crippen LogP contribution is -2.00. The van der Waals surface area contributed by atoms with Crippen LogP contribution in [-0.4, -0.2) is 40.3 Å². The van der Waals surface area contributed by atoms with Gasteiger partial charge in [-0.3, -0.25) is 14.2 Å². The third kappa shape index (κ3) is 4.44. The highest BCUT2D eigenvalue weighted by atomic mass is 35.5. The number of nitrogens with zero attached hydrogens (tertiary/aromatic N) is 3. The first-order chi connectivity index (χ1) is 13.9. The van der Waals surface area contributed by atoms with Crippen molar-refractivity contribution in [2.24, 2.45) is 10.2 Å². The molecule has 2 amide bonds. The first-order valence-electron chi connectivity index (χ1n) is 8.71. The number of fused-ring (bicyclic) bond motifs is 1. The van der Waals surface area contributed by atoms with Gasteiger partial charge in [0.2, 0.25) is 11.8 Å². The molecule has 0 aliphatic heterocycles. The Labute approximate surface area is 171 Å². The predicted octanol–water partition coefficient (Wildman–Crippen LogP) is 4.18. The maximum Gasteiger partial charge on any atom is 0.295 e. The maximum absolute atomic E-state index is 12.3. The molecule has 0 aliphatic rings. The van der Waals surface area contributed by atoms with Crippen LogP contribution in [0.5, 0.6) is 11.8 Å². The van der Waals surface area contributed by atoms with E-state index in [9.17, 15) is 19.8 Å². The van der Waals surface area contributed by atoms with Gasteiger partial charge in [0.25, 0.3) is 11.8 Å². The van der Waals surface area contributed by atoms with Crippen molar-refractivity contribution in [3.05, 3.63) is 58.6 Å². The average Bonchev–Trinajstić information content (AvgIpc) is 2.96. The molecule has 9 heteroatoms. The van der Waals surface area contributed by atoms with E-state index in [1.807, 2.05) is 0 Å². The van der Waals surface area contributed by atoms with Gasteiger partial charge in [-0.1, -0.05) is 11.6 Å². The van der Waals surface area contributed by atoms with E-state index in [2.05, 4.69) is 10.2 Å². The Bertz CT molecular complexity index is 1090. The van der Waals surface area contributed by atoms with Crippen LogP contribution in [0.15, 0.2) is 52.7 Å². The van der Waals surface area contributed by atoms with Crippen molar-refractivity contribution in [3.8, 4) is 11.8 Å². The van der Waals surface area contributed by atoms with Gasteiger partial charge in [-0.15, -0.1) is 10.2 Å². The molecule has 0 saturated carbocycles. The lowest BCUT2D eigenvalue weighted by Gasteiger charge is -2.05. The van der Waals surface area contributed by atoms with Gasteiger partial charge in [-0.05, 0) is 48.9 Å². The summed E-state index contributed by atoms with van der Waals surface area (Å²) >= 11 is 5.77. The summed E-state index contributed by atoms with van der Waals surface area (Å²) in [6, 6.07) is 10.4. The van der Waals surface area contributed by atoms with Gasteiger partial charge in [0.15, 0.2) is 0 Å². The molecule has 3 rings (SSSR count). The van der Waals surface area contributed by atoms with Gasteiger partial charge >= 0.3 is 0 Å². The second-order valence-corrected chi connectivity index (χ2v) is 6.66. The number of amides is 2. The van der Waals surface area contributed by atoms with Crippen LogP contribution in [0.3, 0.4) is 0 Å². The van der Waals surface area contributed by atoms with E-state index < -0.39 is 11.8 Å². The highest BCUT2D eigenvalue weighted by molar-refractivity contribution is 6.30. The number of carbonyl (C=O) groups excluding carboxylic acids is 2. The lowest BCUT2D eigenvalue weighted by atomic mass is 10.1. The molecule has 29 heavy (non-hydrogen) atoms. The Morgan fingerprint density at radius 1 is 0.966 bits per heavy atom. The molecule has 0 fully saturated rings. The van der Waals surface area contributed by atoms with Crippen molar-refractivity contribution in [3.63, 3.8) is 0 Å². The molecule has 0 bridgehead atoms. The number of halogens is 1. The number of aromatic hydroxyl groups is 2. The summed E-state index contributed by atoms with van der Waals surface area (Å²) in [4.78, 5) is 24.3. The summed E-state index contributed by atoms with van der Waals surface area (Å²) in [6.45, 7) is 0.817. The third-order valence-corrected chi connectivity index (χ3v) is 4.56. The molecule has 2 N–H and O–H groups in total. The van der Waals surface area contributed by atoms with Crippen LogP contribution in [0.25, 0.3) is 10.8 Å². The highest BCUT2D eigenvalue weighted by Crippen LogP contribution is 2.37. The van der Waals surface area contributed by atoms with Crippen LogP contribution >= 0.6 is 11.6 Å². The smallest absolute Gasteiger partial charge is 0.295 e. The van der Waals surface area contributed by atoms with Crippen LogP contribution in [0.2, 0.25) is 5.02 Å². The number of benzene rings is 2. The molecular formula is C20H18ClN3O5. The fourth-order valence-electron chi connectivity index (χ4n) is 2.83. The third-order valence-electron chi connectivity index (χ3n) is 4.31. The van der Waals surface area contributed by atoms with Crippen LogP contribution in [-0.2, 0) is 11.3 Å². The molecule has 0 atom stereocenters. The molecular weight excluding hydrogens is 398 g/mol. The van der Waals surface area contributed by atoms with Gasteiger partial charge in [0, 0.05) is 47.2 Å². The zero-order chi connectivity index (χ0) is 21.0. The number of ether oxygens (including phenoxy) is 1. The Morgan fingerprint density at radius 2 is 1.55 bits per heavy atom. The Morgan fingerprint density at radius 3 is 2.21 bits per heavy atom. The second-order valence-electron chi connectivity index (χ2n) is 6.22. The van der Waals surface area contributed by atoms with E-state index in [0.717, 1.165) is 0 Å². The lowest BCUT2D eigenvalue weighted by molar-refractivity contribution is 0.0947. The topological polar surface area (TPSA) is 113 Å². The fourth-order valence-corrected chi connectivity index (χ4v) is 2.95. The van der Waals surface area contributed by atoms with Gasteiger partial charge in [0.05, 0.1) is 0 Å². The Balaban J connectivity index is 1.82. The number of azo groups is 1. The molecule has 1 aromatic heterocycles. The zero-order valence-electron chi connectivity index (χ0n) is 15.5. The van der Waals surface area contributed by atoms with Crippen molar-refractivity contribution in [2.45, 2.75) is 13.0 Å². The second kappa shape index (κ2) is 8.85. The number of rotatable bonds is 6. The van der Waals surface area contributed by atoms with Gasteiger partial charge < -0.3 is 14.9 Å². The quantitative estimate of drug-likeness (QED) is 0.463. The van der Waals surface area contributed by atoms with E-state index in [-0.39, 0.29) is 22.9 Å². The van der Waals surface area contributed by atoms with Crippen LogP contribution in [0.1, 0.15) is 27.1 Å². The number of methoxy groups -OCH3 is 1. The van der Waals surface area contributed by atoms with Crippen molar-refractivity contribution >= 4 is 34.2 Å². The largest absolute Gasteiger partial charge is 0.494 e. The molecule has 150 valence electrons. The predicted molar refractivity (Wildman–Crippen MR) is 107 cm³/mol. The molecule has 2 aromatic carbocycles. The van der Waals surface area contributed by atoms with E-state index in [1.54, 1.807) is 7.11 Å². The van der Waals surface area contributed by atoms with Crippen molar-refractivity contribution < 1.29 is 24.5 Å². The van der Waals surface area contributed by atoms with Crippen molar-refractivity contribution in [2.75, 3.05) is 13.7 Å². The van der Waals surface area contributed by atoms with Crippen LogP contribution in [0.4, 0.5) is 0 Å². The highest BCUT2D eigenvalue weighted by Gasteiger charge is 2.18. The molecule has 8 nitrogen and oxygen atoms in total. The SMILES string of the molecule is COCCCn1c(O)c2ccc(C(=O)N=NC(=O)c3ccc(Cl)cc3)cc2c1O. The van der Waals surface area contributed by atoms with Gasteiger partial charge in [0.1, 0.15) is 0 Å². The summed E-state index contributed by atoms with van der Waals surface area (Å²) in [5.41, 5.74) is 0.367. The normalized spacial score (nSPS) is 11.4. The molecule has 0 saturated heterocycles. The minimum Gasteiger partial charge on any atom is -0.494 e. The zero-order valence-corrected chi connectivity index (χ0v) is 16.3. The summed E-state index contributed by atoms with van der Waals surface area (Å²) in [6.07, 6.45) is 0.589. The van der Waals surface area contributed by atoms with Crippen molar-refractivity contribution in [1.82, 2.24) is 4.57 Å². The monoisotopic (exact) mass is 415 g/mol. The summed E-state index contributed by atoms with van der Waals surface area (Å²) in [7, 11) is 1.57. The summed E-state index contributed by atoms with van der Waals surface area (Å²) < 4.78 is 6.31. The molecule has 0 radical (unpaired) electrons. The number of hydrogen-bond donors (Lipinski definition) is 2. The van der Waals surface area contributed by atoms with Crippen molar-refractivity contribution in [1.29, 1.82) is 0 Å². The first-order valence-corrected chi connectivity index (χ1v) is 9.09. The molecule has 3 aromatic rings. The van der Waals surface area contributed by atoms with Gasteiger partial charge in [-0.25, -0.2) is 0 Å². The van der Waals surface area contributed by atoms with E-state index in [0.29, 0.717) is 35.4 Å².